The number of rotatable bonds is 4. The lowest BCUT2D eigenvalue weighted by molar-refractivity contribution is -0.116. The van der Waals surface area contributed by atoms with Crippen molar-refractivity contribution in [2.75, 3.05) is 12.4 Å². The Kier molecular flexibility index (Phi) is 4.35. The van der Waals surface area contributed by atoms with E-state index in [4.69, 9.17) is 4.74 Å². The van der Waals surface area contributed by atoms with Crippen LogP contribution in [0.2, 0.25) is 0 Å². The van der Waals surface area contributed by atoms with Gasteiger partial charge in [0, 0.05) is 6.07 Å². The van der Waals surface area contributed by atoms with E-state index in [0.29, 0.717) is 28.0 Å². The standard InChI is InChI=1S/C21H20N4O3/c1-13-8-9-18(28-3)16(10-13)22-19(26)12-24-20-11-14(2)23-25(20)17-7-5-4-6-15(17)21(24)27/h4-11H,12H2,1-3H3,(H,22,26). The van der Waals surface area contributed by atoms with E-state index in [2.05, 4.69) is 10.4 Å². The average molecular weight is 376 g/mol. The summed E-state index contributed by atoms with van der Waals surface area (Å²) in [5.41, 5.74) is 3.40. The predicted octanol–water partition coefficient (Wildman–Crippen LogP) is 2.91. The lowest BCUT2D eigenvalue weighted by Gasteiger charge is -2.13. The van der Waals surface area contributed by atoms with Crippen LogP contribution < -0.4 is 15.6 Å². The Morgan fingerprint density at radius 3 is 2.71 bits per heavy atom. The van der Waals surface area contributed by atoms with Crippen molar-refractivity contribution in [1.29, 1.82) is 0 Å². The zero-order valence-electron chi connectivity index (χ0n) is 15.9. The first-order valence-corrected chi connectivity index (χ1v) is 8.90. The van der Waals surface area contributed by atoms with Crippen LogP contribution in [0.3, 0.4) is 0 Å². The van der Waals surface area contributed by atoms with Crippen LogP contribution in [0.15, 0.2) is 53.3 Å². The molecule has 0 aliphatic rings. The minimum Gasteiger partial charge on any atom is -0.495 e. The fourth-order valence-electron chi connectivity index (χ4n) is 3.35. The molecule has 0 atom stereocenters. The first kappa shape index (κ1) is 17.8. The topological polar surface area (TPSA) is 77.6 Å². The minimum absolute atomic E-state index is 0.130. The first-order chi connectivity index (χ1) is 13.5. The van der Waals surface area contributed by atoms with Gasteiger partial charge in [-0.25, -0.2) is 4.52 Å². The van der Waals surface area contributed by atoms with E-state index in [-0.39, 0.29) is 18.0 Å². The molecule has 0 radical (unpaired) electrons. The van der Waals surface area contributed by atoms with Crippen molar-refractivity contribution in [2.24, 2.45) is 0 Å². The Labute approximate surface area is 161 Å². The summed E-state index contributed by atoms with van der Waals surface area (Å²) in [6.45, 7) is 3.66. The summed E-state index contributed by atoms with van der Waals surface area (Å²) in [5.74, 6) is 0.247. The molecule has 0 unspecified atom stereocenters. The molecule has 0 saturated carbocycles. The van der Waals surface area contributed by atoms with Crippen molar-refractivity contribution in [3.05, 3.63) is 70.1 Å². The van der Waals surface area contributed by atoms with Gasteiger partial charge >= 0.3 is 0 Å². The SMILES string of the molecule is COc1ccc(C)cc1NC(=O)Cn1c(=O)c2ccccc2n2nc(C)cc12. The molecule has 0 saturated heterocycles. The van der Waals surface area contributed by atoms with Crippen molar-refractivity contribution in [2.45, 2.75) is 20.4 Å². The van der Waals surface area contributed by atoms with Gasteiger partial charge in [-0.05, 0) is 43.7 Å². The van der Waals surface area contributed by atoms with Gasteiger partial charge in [0.25, 0.3) is 5.56 Å². The zero-order chi connectivity index (χ0) is 19.8. The Morgan fingerprint density at radius 1 is 1.14 bits per heavy atom. The molecule has 4 aromatic rings. The third-order valence-electron chi connectivity index (χ3n) is 4.63. The fraction of sp³-hybridized carbons (Fsp3) is 0.190. The molecule has 7 nitrogen and oxygen atoms in total. The number of carbonyl (C=O) groups excluding carboxylic acids is 1. The number of nitrogens with one attached hydrogen (secondary N) is 1. The second-order valence-electron chi connectivity index (χ2n) is 6.72. The molecule has 2 heterocycles. The molecule has 2 aromatic carbocycles. The molecule has 0 fully saturated rings. The number of aryl methyl sites for hydroxylation is 2. The molecule has 0 spiro atoms. The average Bonchev–Trinajstić information content (AvgIpc) is 3.07. The molecular formula is C21H20N4O3. The van der Waals surface area contributed by atoms with Crippen LogP contribution in [-0.4, -0.2) is 27.2 Å². The Morgan fingerprint density at radius 2 is 1.93 bits per heavy atom. The lowest BCUT2D eigenvalue weighted by atomic mass is 10.2. The number of methoxy groups -OCH3 is 1. The Hall–Kier alpha value is -3.61. The number of para-hydroxylation sites is 1. The summed E-state index contributed by atoms with van der Waals surface area (Å²) in [6.07, 6.45) is 0. The van der Waals surface area contributed by atoms with Crippen LogP contribution in [0, 0.1) is 13.8 Å². The number of aromatic nitrogens is 3. The maximum Gasteiger partial charge on any atom is 0.262 e. The van der Waals surface area contributed by atoms with Gasteiger partial charge in [0.2, 0.25) is 5.91 Å². The summed E-state index contributed by atoms with van der Waals surface area (Å²) >= 11 is 0. The Balaban J connectivity index is 1.77. The van der Waals surface area contributed by atoms with Crippen LogP contribution >= 0.6 is 0 Å². The summed E-state index contributed by atoms with van der Waals surface area (Å²) in [5, 5.41) is 7.84. The van der Waals surface area contributed by atoms with Crippen molar-refractivity contribution >= 4 is 28.1 Å². The highest BCUT2D eigenvalue weighted by atomic mass is 16.5. The number of ether oxygens (including phenoxy) is 1. The van der Waals surface area contributed by atoms with Gasteiger partial charge in [-0.3, -0.25) is 14.2 Å². The highest BCUT2D eigenvalue weighted by Crippen LogP contribution is 2.25. The molecule has 4 rings (SSSR count). The summed E-state index contributed by atoms with van der Waals surface area (Å²) in [4.78, 5) is 25.8. The number of hydrogen-bond donors (Lipinski definition) is 1. The number of fused-ring (bicyclic) bond motifs is 3. The zero-order valence-corrected chi connectivity index (χ0v) is 15.9. The van der Waals surface area contributed by atoms with Crippen LogP contribution in [0.1, 0.15) is 11.3 Å². The molecule has 0 bridgehead atoms. The molecule has 1 N–H and O–H groups in total. The Bertz CT molecular complexity index is 1270. The fourth-order valence-corrected chi connectivity index (χ4v) is 3.35. The number of nitrogens with zero attached hydrogens (tertiary/aromatic N) is 3. The van der Waals surface area contributed by atoms with Gasteiger partial charge in [0.15, 0.2) is 0 Å². The third kappa shape index (κ3) is 3.00. The van der Waals surface area contributed by atoms with Crippen molar-refractivity contribution < 1.29 is 9.53 Å². The largest absolute Gasteiger partial charge is 0.495 e. The second kappa shape index (κ2) is 6.84. The van der Waals surface area contributed by atoms with Crippen LogP contribution in [-0.2, 0) is 11.3 Å². The second-order valence-corrected chi connectivity index (χ2v) is 6.72. The highest BCUT2D eigenvalue weighted by molar-refractivity contribution is 5.93. The summed E-state index contributed by atoms with van der Waals surface area (Å²) in [7, 11) is 1.55. The third-order valence-corrected chi connectivity index (χ3v) is 4.63. The first-order valence-electron chi connectivity index (χ1n) is 8.90. The van der Waals surface area contributed by atoms with E-state index in [1.54, 1.807) is 35.9 Å². The van der Waals surface area contributed by atoms with Gasteiger partial charge in [0.05, 0.1) is 29.4 Å². The normalized spacial score (nSPS) is 11.1. The smallest absolute Gasteiger partial charge is 0.262 e. The van der Waals surface area contributed by atoms with E-state index in [1.165, 1.54) is 4.57 Å². The quantitative estimate of drug-likeness (QED) is 0.594. The van der Waals surface area contributed by atoms with E-state index < -0.39 is 0 Å². The monoisotopic (exact) mass is 376 g/mol. The van der Waals surface area contributed by atoms with Crippen molar-refractivity contribution in [3.8, 4) is 5.75 Å². The molecule has 0 aliphatic heterocycles. The van der Waals surface area contributed by atoms with Crippen LogP contribution in [0.4, 0.5) is 5.69 Å². The van der Waals surface area contributed by atoms with Gasteiger partial charge in [-0.2, -0.15) is 5.10 Å². The van der Waals surface area contributed by atoms with Gasteiger partial charge < -0.3 is 10.1 Å². The number of benzene rings is 2. The van der Waals surface area contributed by atoms with Crippen molar-refractivity contribution in [1.82, 2.24) is 14.2 Å². The molecule has 7 heteroatoms. The van der Waals surface area contributed by atoms with E-state index in [0.717, 1.165) is 11.3 Å². The molecule has 28 heavy (non-hydrogen) atoms. The molecule has 1 amide bonds. The van der Waals surface area contributed by atoms with Crippen molar-refractivity contribution in [3.63, 3.8) is 0 Å². The van der Waals surface area contributed by atoms with Gasteiger partial charge in [-0.1, -0.05) is 18.2 Å². The molecule has 0 aliphatic carbocycles. The highest BCUT2D eigenvalue weighted by Gasteiger charge is 2.16. The maximum absolute atomic E-state index is 13.0. The van der Waals surface area contributed by atoms with E-state index in [1.807, 2.05) is 38.1 Å². The number of amides is 1. The summed E-state index contributed by atoms with van der Waals surface area (Å²) < 4.78 is 8.45. The summed E-state index contributed by atoms with van der Waals surface area (Å²) in [6, 6.07) is 14.6. The number of carbonyl (C=O) groups is 1. The minimum atomic E-state index is -0.318. The van der Waals surface area contributed by atoms with Crippen LogP contribution in [0.25, 0.3) is 16.6 Å². The molecule has 2 aromatic heterocycles. The number of hydrogen-bond acceptors (Lipinski definition) is 4. The van der Waals surface area contributed by atoms with Gasteiger partial charge in [0.1, 0.15) is 17.9 Å². The number of anilines is 1. The lowest BCUT2D eigenvalue weighted by Crippen LogP contribution is -2.29. The molecule has 142 valence electrons. The molecular weight excluding hydrogens is 356 g/mol. The maximum atomic E-state index is 13.0. The van der Waals surface area contributed by atoms with Gasteiger partial charge in [-0.15, -0.1) is 0 Å². The van der Waals surface area contributed by atoms with E-state index >= 15 is 0 Å². The van der Waals surface area contributed by atoms with Crippen LogP contribution in [0.5, 0.6) is 5.75 Å². The van der Waals surface area contributed by atoms with E-state index in [9.17, 15) is 9.59 Å². The predicted molar refractivity (Wildman–Crippen MR) is 108 cm³/mol.